The van der Waals surface area contributed by atoms with Crippen LogP contribution in [0, 0.1) is 12.3 Å². The monoisotopic (exact) mass is 443 g/mol. The second kappa shape index (κ2) is 9.86. The first-order valence-electron chi connectivity index (χ1n) is 10.5. The lowest BCUT2D eigenvalue weighted by atomic mass is 9.90. The molecule has 32 heavy (non-hydrogen) atoms. The summed E-state index contributed by atoms with van der Waals surface area (Å²) < 4.78 is 18.0. The van der Waals surface area contributed by atoms with E-state index in [-0.39, 0.29) is 6.61 Å². The third kappa shape index (κ3) is 4.47. The van der Waals surface area contributed by atoms with Gasteiger partial charge in [-0.2, -0.15) is 0 Å². The summed E-state index contributed by atoms with van der Waals surface area (Å²) in [4.78, 5) is 4.54. The van der Waals surface area contributed by atoms with Gasteiger partial charge in [0.05, 0.1) is 7.11 Å². The largest absolute Gasteiger partial charge is 0.497 e. The van der Waals surface area contributed by atoms with Gasteiger partial charge < -0.3 is 14.2 Å². The molecule has 162 valence electrons. The zero-order valence-electron chi connectivity index (χ0n) is 18.2. The highest BCUT2D eigenvalue weighted by atomic mass is 32.1. The van der Waals surface area contributed by atoms with E-state index in [2.05, 4.69) is 48.2 Å². The van der Waals surface area contributed by atoms with Crippen LogP contribution in [0.1, 0.15) is 29.5 Å². The molecule has 5 heteroatoms. The summed E-state index contributed by atoms with van der Waals surface area (Å²) in [6.07, 6.45) is 7.96. The number of fused-ring (bicyclic) bond motifs is 1. The first kappa shape index (κ1) is 21.9. The predicted octanol–water partition coefficient (Wildman–Crippen LogP) is 6.19. The number of rotatable bonds is 9. The van der Waals surface area contributed by atoms with Crippen molar-refractivity contribution in [3.63, 3.8) is 0 Å². The van der Waals surface area contributed by atoms with Gasteiger partial charge in [-0.1, -0.05) is 49.2 Å². The predicted molar refractivity (Wildman–Crippen MR) is 129 cm³/mol. The van der Waals surface area contributed by atoms with Crippen molar-refractivity contribution in [3.05, 3.63) is 88.4 Å². The zero-order chi connectivity index (χ0) is 22.4. The first-order chi connectivity index (χ1) is 15.7. The number of hydrogen-bond acceptors (Lipinski definition) is 5. The summed E-state index contributed by atoms with van der Waals surface area (Å²) in [7, 11) is 1.64. The summed E-state index contributed by atoms with van der Waals surface area (Å²) in [5.74, 6) is 3.98. The van der Waals surface area contributed by atoms with Crippen LogP contribution in [0.2, 0.25) is 0 Å². The number of thiazole rings is 1. The number of ether oxygens (including phenoxy) is 3. The van der Waals surface area contributed by atoms with Crippen LogP contribution in [-0.4, -0.2) is 18.7 Å². The molecule has 0 aliphatic carbocycles. The molecule has 0 aliphatic rings. The van der Waals surface area contributed by atoms with Gasteiger partial charge in [0.2, 0.25) is 0 Å². The van der Waals surface area contributed by atoms with Crippen molar-refractivity contribution < 1.29 is 14.2 Å². The second-order valence-electron chi connectivity index (χ2n) is 7.38. The second-order valence-corrected chi connectivity index (χ2v) is 8.27. The summed E-state index contributed by atoms with van der Waals surface area (Å²) in [6.45, 7) is 2.68. The first-order valence-corrected chi connectivity index (χ1v) is 11.3. The molecule has 1 atom stereocenters. The van der Waals surface area contributed by atoms with E-state index < -0.39 is 5.60 Å². The topological polar surface area (TPSA) is 40.6 Å². The Bertz CT molecular complexity index is 1230. The molecule has 1 aromatic heterocycles. The Morgan fingerprint density at radius 1 is 1.03 bits per heavy atom. The van der Waals surface area contributed by atoms with Crippen LogP contribution in [0.15, 0.2) is 72.2 Å². The van der Waals surface area contributed by atoms with E-state index >= 15 is 0 Å². The van der Waals surface area contributed by atoms with E-state index in [1.54, 1.807) is 24.6 Å². The molecule has 4 aromatic rings. The number of terminal acetylenes is 1. The lowest BCUT2D eigenvalue weighted by molar-refractivity contribution is -0.00238. The molecule has 0 spiro atoms. The Hall–Kier alpha value is -3.33. The Kier molecular flexibility index (Phi) is 6.75. The molecular weight excluding hydrogens is 418 g/mol. The highest BCUT2D eigenvalue weighted by molar-refractivity contribution is 7.09. The van der Waals surface area contributed by atoms with Crippen LogP contribution in [0.3, 0.4) is 0 Å². The van der Waals surface area contributed by atoms with E-state index in [1.807, 2.05) is 35.7 Å². The molecule has 4 nitrogen and oxygen atoms in total. The smallest absolute Gasteiger partial charge is 0.146 e. The molecule has 1 unspecified atom stereocenters. The van der Waals surface area contributed by atoms with Gasteiger partial charge in [-0.3, -0.25) is 0 Å². The van der Waals surface area contributed by atoms with Crippen LogP contribution in [0.5, 0.6) is 11.5 Å². The van der Waals surface area contributed by atoms with Crippen LogP contribution in [-0.2, 0) is 16.9 Å². The lowest BCUT2D eigenvalue weighted by Gasteiger charge is -2.31. The van der Waals surface area contributed by atoms with Crippen LogP contribution in [0.4, 0.5) is 0 Å². The van der Waals surface area contributed by atoms with Crippen LogP contribution < -0.4 is 9.47 Å². The van der Waals surface area contributed by atoms with Crippen molar-refractivity contribution in [2.24, 2.45) is 0 Å². The Morgan fingerprint density at radius 2 is 1.84 bits per heavy atom. The standard InChI is InChI=1S/C27H25NO3S/c1-4-13-31-27(5-2,26-28-12-14-32-26)23-16-24(29-3)18-25(17-23)30-19-20-10-11-21-8-6-7-9-22(21)15-20/h1,6-12,14-18H,5,13,19H2,2-3H3. The maximum atomic E-state index is 6.22. The van der Waals surface area contributed by atoms with Gasteiger partial charge in [0, 0.05) is 17.6 Å². The SMILES string of the molecule is C#CCOC(CC)(c1cc(OC)cc(OCc2ccc3ccccc3c2)c1)c1nccs1. The molecule has 0 saturated heterocycles. The normalized spacial score (nSPS) is 12.8. The minimum Gasteiger partial charge on any atom is -0.497 e. The summed E-state index contributed by atoms with van der Waals surface area (Å²) in [6, 6.07) is 20.5. The Balaban J connectivity index is 1.67. The Labute approximate surface area is 192 Å². The summed E-state index contributed by atoms with van der Waals surface area (Å²) in [5, 5.41) is 5.19. The van der Waals surface area contributed by atoms with E-state index in [4.69, 9.17) is 20.6 Å². The fourth-order valence-corrected chi connectivity index (χ4v) is 4.70. The van der Waals surface area contributed by atoms with Gasteiger partial charge in [0.15, 0.2) is 0 Å². The van der Waals surface area contributed by atoms with Crippen molar-refractivity contribution in [2.45, 2.75) is 25.6 Å². The van der Waals surface area contributed by atoms with E-state index in [0.29, 0.717) is 24.5 Å². The molecule has 0 aliphatic heterocycles. The van der Waals surface area contributed by atoms with Crippen molar-refractivity contribution in [3.8, 4) is 23.8 Å². The molecular formula is C27H25NO3S. The molecule has 4 rings (SSSR count). The van der Waals surface area contributed by atoms with E-state index in [1.165, 1.54) is 10.8 Å². The number of benzene rings is 3. The summed E-state index contributed by atoms with van der Waals surface area (Å²) >= 11 is 1.54. The molecule has 0 fully saturated rings. The van der Waals surface area contributed by atoms with Gasteiger partial charge >= 0.3 is 0 Å². The highest BCUT2D eigenvalue weighted by Crippen LogP contribution is 2.41. The summed E-state index contributed by atoms with van der Waals surface area (Å²) in [5.41, 5.74) is 1.23. The van der Waals surface area contributed by atoms with Gasteiger partial charge in [-0.05, 0) is 46.5 Å². The van der Waals surface area contributed by atoms with Gasteiger partial charge in [-0.15, -0.1) is 17.8 Å². The molecule has 0 saturated carbocycles. The third-order valence-corrected chi connectivity index (χ3v) is 6.40. The number of methoxy groups -OCH3 is 1. The molecule has 3 aromatic carbocycles. The minimum atomic E-state index is -0.768. The number of hydrogen-bond donors (Lipinski definition) is 0. The maximum absolute atomic E-state index is 6.22. The molecule has 0 amide bonds. The van der Waals surface area contributed by atoms with E-state index in [9.17, 15) is 0 Å². The fourth-order valence-electron chi connectivity index (χ4n) is 3.82. The lowest BCUT2D eigenvalue weighted by Crippen LogP contribution is -2.31. The molecule has 0 N–H and O–H groups in total. The number of aromatic nitrogens is 1. The fraction of sp³-hybridized carbons (Fsp3) is 0.222. The van der Waals surface area contributed by atoms with Crippen molar-refractivity contribution in [2.75, 3.05) is 13.7 Å². The minimum absolute atomic E-state index is 0.178. The molecule has 0 bridgehead atoms. The number of nitrogens with zero attached hydrogens (tertiary/aromatic N) is 1. The van der Waals surface area contributed by atoms with Crippen molar-refractivity contribution in [1.82, 2.24) is 4.98 Å². The quantitative estimate of drug-likeness (QED) is 0.289. The maximum Gasteiger partial charge on any atom is 0.146 e. The average Bonchev–Trinajstić information content (AvgIpc) is 3.39. The molecule has 0 radical (unpaired) electrons. The third-order valence-electron chi connectivity index (χ3n) is 5.48. The van der Waals surface area contributed by atoms with Crippen LogP contribution >= 0.6 is 11.3 Å². The van der Waals surface area contributed by atoms with Gasteiger partial charge in [-0.25, -0.2) is 4.98 Å². The van der Waals surface area contributed by atoms with Gasteiger partial charge in [0.25, 0.3) is 0 Å². The Morgan fingerprint density at radius 3 is 2.56 bits per heavy atom. The van der Waals surface area contributed by atoms with Crippen molar-refractivity contribution >= 4 is 22.1 Å². The zero-order valence-corrected chi connectivity index (χ0v) is 19.0. The van der Waals surface area contributed by atoms with E-state index in [0.717, 1.165) is 16.1 Å². The van der Waals surface area contributed by atoms with Crippen LogP contribution in [0.25, 0.3) is 10.8 Å². The average molecular weight is 444 g/mol. The van der Waals surface area contributed by atoms with Crippen molar-refractivity contribution in [1.29, 1.82) is 0 Å². The highest BCUT2D eigenvalue weighted by Gasteiger charge is 2.37. The van der Waals surface area contributed by atoms with Gasteiger partial charge in [0.1, 0.15) is 35.3 Å². The molecule has 1 heterocycles.